The van der Waals surface area contributed by atoms with Crippen LogP contribution in [0.25, 0.3) is 5.13 Å². The lowest BCUT2D eigenvalue weighted by atomic mass is 9.98. The number of Topliss-reactive ketones (excluding diaryl/α,β-unsaturated/α-hetero) is 1. The Morgan fingerprint density at radius 3 is 2.77 bits per heavy atom. The van der Waals surface area contributed by atoms with Crippen molar-refractivity contribution in [2.45, 2.75) is 38.3 Å². The van der Waals surface area contributed by atoms with Crippen molar-refractivity contribution >= 4 is 28.9 Å². The lowest BCUT2D eigenvalue weighted by Gasteiger charge is -2.08. The number of carbonyl (C=O) groups is 1. The SMILES string of the molecule is Cc1cc(C(=O)CSc2nnc(CC(C)c3ccccc3)o2)c(C)n1-c1nccs1. The van der Waals surface area contributed by atoms with Gasteiger partial charge in [-0.05, 0) is 31.4 Å². The molecule has 0 saturated carbocycles. The highest BCUT2D eigenvalue weighted by atomic mass is 32.2. The van der Waals surface area contributed by atoms with Gasteiger partial charge in [0, 0.05) is 34.9 Å². The number of ketones is 1. The summed E-state index contributed by atoms with van der Waals surface area (Å²) in [6.45, 7) is 6.06. The second-order valence-corrected chi connectivity index (χ2v) is 8.92. The van der Waals surface area contributed by atoms with Crippen LogP contribution < -0.4 is 0 Å². The molecule has 0 aliphatic carbocycles. The number of benzene rings is 1. The molecule has 4 aromatic rings. The molecular formula is C22H22N4O2S2. The fraction of sp³-hybridized carbons (Fsp3) is 0.273. The summed E-state index contributed by atoms with van der Waals surface area (Å²) in [5.41, 5.74) is 3.82. The van der Waals surface area contributed by atoms with Gasteiger partial charge in [0.05, 0.1) is 5.75 Å². The summed E-state index contributed by atoms with van der Waals surface area (Å²) in [6.07, 6.45) is 2.43. The summed E-state index contributed by atoms with van der Waals surface area (Å²) in [5.74, 6) is 1.15. The lowest BCUT2D eigenvalue weighted by molar-refractivity contribution is 0.102. The number of aryl methyl sites for hydroxylation is 1. The van der Waals surface area contributed by atoms with Crippen LogP contribution in [0.1, 0.15) is 46.0 Å². The van der Waals surface area contributed by atoms with Crippen LogP contribution in [0.3, 0.4) is 0 Å². The summed E-state index contributed by atoms with van der Waals surface area (Å²) in [5, 5.41) is 11.5. The normalized spacial score (nSPS) is 12.2. The Balaban J connectivity index is 1.39. The van der Waals surface area contributed by atoms with Gasteiger partial charge in [0.15, 0.2) is 10.9 Å². The van der Waals surface area contributed by atoms with Crippen molar-refractivity contribution in [3.8, 4) is 5.13 Å². The van der Waals surface area contributed by atoms with Gasteiger partial charge in [-0.3, -0.25) is 9.36 Å². The van der Waals surface area contributed by atoms with E-state index in [1.54, 1.807) is 17.5 Å². The third kappa shape index (κ3) is 4.39. The zero-order chi connectivity index (χ0) is 21.1. The van der Waals surface area contributed by atoms with Crippen molar-refractivity contribution in [2.24, 2.45) is 0 Å². The molecule has 1 aromatic carbocycles. The quantitative estimate of drug-likeness (QED) is 0.276. The molecule has 0 aliphatic rings. The van der Waals surface area contributed by atoms with E-state index in [-0.39, 0.29) is 17.5 Å². The van der Waals surface area contributed by atoms with E-state index in [0.717, 1.165) is 16.5 Å². The van der Waals surface area contributed by atoms with E-state index in [9.17, 15) is 4.79 Å². The maximum atomic E-state index is 12.8. The average molecular weight is 439 g/mol. The monoisotopic (exact) mass is 438 g/mol. The molecule has 0 saturated heterocycles. The molecule has 6 nitrogen and oxygen atoms in total. The van der Waals surface area contributed by atoms with Crippen LogP contribution in [0.4, 0.5) is 0 Å². The first-order chi connectivity index (χ1) is 14.5. The van der Waals surface area contributed by atoms with E-state index in [1.807, 2.05) is 48.1 Å². The van der Waals surface area contributed by atoms with Gasteiger partial charge in [-0.15, -0.1) is 21.5 Å². The van der Waals surface area contributed by atoms with E-state index in [0.29, 0.717) is 23.1 Å². The molecule has 0 spiro atoms. The Morgan fingerprint density at radius 2 is 2.03 bits per heavy atom. The molecule has 3 aromatic heterocycles. The second kappa shape index (κ2) is 8.97. The van der Waals surface area contributed by atoms with Crippen molar-refractivity contribution < 1.29 is 9.21 Å². The molecule has 0 radical (unpaired) electrons. The van der Waals surface area contributed by atoms with Crippen LogP contribution in [0, 0.1) is 13.8 Å². The lowest BCUT2D eigenvalue weighted by Crippen LogP contribution is -2.05. The van der Waals surface area contributed by atoms with Crippen LogP contribution >= 0.6 is 23.1 Å². The molecule has 0 N–H and O–H groups in total. The molecule has 1 unspecified atom stereocenters. The van der Waals surface area contributed by atoms with E-state index in [2.05, 4.69) is 34.2 Å². The van der Waals surface area contributed by atoms with Crippen molar-refractivity contribution in [3.63, 3.8) is 0 Å². The largest absolute Gasteiger partial charge is 0.416 e. The highest BCUT2D eigenvalue weighted by Crippen LogP contribution is 2.26. The zero-order valence-electron chi connectivity index (χ0n) is 17.0. The number of hydrogen-bond acceptors (Lipinski definition) is 7. The highest BCUT2D eigenvalue weighted by Gasteiger charge is 2.19. The number of carbonyl (C=O) groups excluding carboxylic acids is 1. The standard InChI is InChI=1S/C22H22N4O2S2/c1-14(17-7-5-4-6-8-17)11-20-24-25-22(28-20)30-13-19(27)18-12-15(2)26(16(18)3)21-23-9-10-29-21/h4-10,12,14H,11,13H2,1-3H3. The molecule has 4 rings (SSSR count). The van der Waals surface area contributed by atoms with E-state index in [4.69, 9.17) is 4.42 Å². The van der Waals surface area contributed by atoms with Crippen LogP contribution in [0.5, 0.6) is 0 Å². The van der Waals surface area contributed by atoms with Crippen LogP contribution in [-0.4, -0.2) is 31.3 Å². The summed E-state index contributed by atoms with van der Waals surface area (Å²) >= 11 is 2.82. The molecular weight excluding hydrogens is 416 g/mol. The average Bonchev–Trinajstić information content (AvgIpc) is 3.48. The maximum absolute atomic E-state index is 12.8. The van der Waals surface area contributed by atoms with Gasteiger partial charge < -0.3 is 4.42 Å². The zero-order valence-corrected chi connectivity index (χ0v) is 18.7. The van der Waals surface area contributed by atoms with Crippen LogP contribution in [-0.2, 0) is 6.42 Å². The number of thiazole rings is 1. The van der Waals surface area contributed by atoms with Gasteiger partial charge in [0.25, 0.3) is 5.22 Å². The number of nitrogens with zero attached hydrogens (tertiary/aromatic N) is 4. The Hall–Kier alpha value is -2.71. The molecule has 0 aliphatic heterocycles. The van der Waals surface area contributed by atoms with Crippen molar-refractivity contribution in [1.82, 2.24) is 19.7 Å². The molecule has 0 amide bonds. The molecule has 0 bridgehead atoms. The maximum Gasteiger partial charge on any atom is 0.277 e. The molecule has 1 atom stereocenters. The minimum absolute atomic E-state index is 0.0355. The number of rotatable bonds is 8. The Morgan fingerprint density at radius 1 is 1.23 bits per heavy atom. The first-order valence-electron chi connectivity index (χ1n) is 9.65. The van der Waals surface area contributed by atoms with Crippen LogP contribution in [0.2, 0.25) is 0 Å². The third-order valence-electron chi connectivity index (χ3n) is 4.97. The number of thioether (sulfide) groups is 1. The number of hydrogen-bond donors (Lipinski definition) is 0. The Kier molecular flexibility index (Phi) is 6.15. The number of aromatic nitrogens is 4. The van der Waals surface area contributed by atoms with E-state index in [1.165, 1.54) is 17.3 Å². The third-order valence-corrected chi connectivity index (χ3v) is 6.54. The molecule has 0 fully saturated rings. The Labute approximate surface area is 183 Å². The van der Waals surface area contributed by atoms with Gasteiger partial charge in [-0.1, -0.05) is 49.0 Å². The minimum Gasteiger partial charge on any atom is -0.416 e. The fourth-order valence-electron chi connectivity index (χ4n) is 3.41. The summed E-state index contributed by atoms with van der Waals surface area (Å²) in [7, 11) is 0. The second-order valence-electron chi connectivity index (χ2n) is 7.12. The van der Waals surface area contributed by atoms with Crippen molar-refractivity contribution in [3.05, 3.63) is 76.4 Å². The first kappa shape index (κ1) is 20.6. The smallest absolute Gasteiger partial charge is 0.277 e. The van der Waals surface area contributed by atoms with Crippen molar-refractivity contribution in [1.29, 1.82) is 0 Å². The highest BCUT2D eigenvalue weighted by molar-refractivity contribution is 7.99. The molecule has 30 heavy (non-hydrogen) atoms. The van der Waals surface area contributed by atoms with Gasteiger partial charge in [0.2, 0.25) is 5.89 Å². The predicted molar refractivity (Wildman–Crippen MR) is 119 cm³/mol. The van der Waals surface area contributed by atoms with Gasteiger partial charge >= 0.3 is 0 Å². The summed E-state index contributed by atoms with van der Waals surface area (Å²) in [6, 6.07) is 12.2. The van der Waals surface area contributed by atoms with Gasteiger partial charge in [-0.25, -0.2) is 4.98 Å². The molecule has 8 heteroatoms. The van der Waals surface area contributed by atoms with Crippen LogP contribution in [0.15, 0.2) is 57.6 Å². The summed E-state index contributed by atoms with van der Waals surface area (Å²) < 4.78 is 7.77. The van der Waals surface area contributed by atoms with Gasteiger partial charge in [-0.2, -0.15) is 0 Å². The molecule has 3 heterocycles. The molecule has 154 valence electrons. The van der Waals surface area contributed by atoms with E-state index < -0.39 is 0 Å². The predicted octanol–water partition coefficient (Wildman–Crippen LogP) is 5.25. The topological polar surface area (TPSA) is 73.8 Å². The summed E-state index contributed by atoms with van der Waals surface area (Å²) in [4.78, 5) is 17.2. The van der Waals surface area contributed by atoms with Gasteiger partial charge in [0.1, 0.15) is 0 Å². The minimum atomic E-state index is 0.0355. The Bertz CT molecular complexity index is 1130. The first-order valence-corrected chi connectivity index (χ1v) is 11.5. The van der Waals surface area contributed by atoms with Crippen molar-refractivity contribution in [2.75, 3.05) is 5.75 Å². The van der Waals surface area contributed by atoms with E-state index >= 15 is 0 Å². The fourth-order valence-corrected chi connectivity index (χ4v) is 4.83.